The van der Waals surface area contributed by atoms with Crippen molar-refractivity contribution in [2.45, 2.75) is 19.8 Å². The van der Waals surface area contributed by atoms with Gasteiger partial charge in [-0.2, -0.15) is 0 Å². The van der Waals surface area contributed by atoms with E-state index in [1.807, 2.05) is 30.3 Å². The summed E-state index contributed by atoms with van der Waals surface area (Å²) in [6.45, 7) is 4.22. The molecule has 2 rings (SSSR count). The number of para-hydroxylation sites is 1. The van der Waals surface area contributed by atoms with Crippen molar-refractivity contribution >= 4 is 0 Å². The van der Waals surface area contributed by atoms with E-state index in [2.05, 4.69) is 23.8 Å². The van der Waals surface area contributed by atoms with Gasteiger partial charge in [0.25, 0.3) is 0 Å². The van der Waals surface area contributed by atoms with Crippen molar-refractivity contribution in [2.24, 2.45) is 0 Å². The van der Waals surface area contributed by atoms with Crippen LogP contribution in [0.25, 0.3) is 0 Å². The van der Waals surface area contributed by atoms with Crippen LogP contribution in [0.2, 0.25) is 0 Å². The van der Waals surface area contributed by atoms with Crippen LogP contribution in [0, 0.1) is 0 Å². The Labute approximate surface area is 95.1 Å². The molecule has 1 heterocycles. The van der Waals surface area contributed by atoms with Crippen LogP contribution in [0.4, 0.5) is 0 Å². The lowest BCUT2D eigenvalue weighted by molar-refractivity contribution is 0.440. The number of ether oxygens (including phenoxy) is 1. The highest BCUT2D eigenvalue weighted by Crippen LogP contribution is 2.18. The number of hydrogen-bond acceptors (Lipinski definition) is 3. The van der Waals surface area contributed by atoms with Gasteiger partial charge in [-0.05, 0) is 23.6 Å². The molecule has 3 heteroatoms. The van der Waals surface area contributed by atoms with Crippen molar-refractivity contribution in [3.63, 3.8) is 0 Å². The van der Waals surface area contributed by atoms with Gasteiger partial charge in [0.05, 0.1) is 0 Å². The fourth-order valence-electron chi connectivity index (χ4n) is 1.27. The first-order valence-corrected chi connectivity index (χ1v) is 5.30. The first-order chi connectivity index (χ1) is 7.75. The van der Waals surface area contributed by atoms with Crippen LogP contribution in [-0.2, 0) is 0 Å². The van der Waals surface area contributed by atoms with Gasteiger partial charge in [0.1, 0.15) is 5.75 Å². The van der Waals surface area contributed by atoms with Crippen LogP contribution in [0.15, 0.2) is 42.7 Å². The maximum atomic E-state index is 5.49. The molecule has 0 radical (unpaired) electrons. The lowest BCUT2D eigenvalue weighted by Crippen LogP contribution is -1.95. The molecule has 0 aliphatic heterocycles. The van der Waals surface area contributed by atoms with Crippen molar-refractivity contribution in [2.75, 3.05) is 0 Å². The summed E-state index contributed by atoms with van der Waals surface area (Å²) in [6, 6.07) is 9.90. The maximum Gasteiger partial charge on any atom is 0.321 e. The van der Waals surface area contributed by atoms with E-state index in [0.29, 0.717) is 11.9 Å². The molecule has 0 fully saturated rings. The van der Waals surface area contributed by atoms with Gasteiger partial charge in [0, 0.05) is 12.4 Å². The average molecular weight is 214 g/mol. The average Bonchev–Trinajstić information content (AvgIpc) is 2.31. The van der Waals surface area contributed by atoms with Gasteiger partial charge in [-0.1, -0.05) is 32.0 Å². The summed E-state index contributed by atoms with van der Waals surface area (Å²) in [5.41, 5.74) is 1.11. The van der Waals surface area contributed by atoms with E-state index in [-0.39, 0.29) is 0 Å². The smallest absolute Gasteiger partial charge is 0.321 e. The maximum absolute atomic E-state index is 5.49. The second-order valence-electron chi connectivity index (χ2n) is 3.87. The van der Waals surface area contributed by atoms with Crippen molar-refractivity contribution in [3.05, 3.63) is 48.3 Å². The molecule has 82 valence electrons. The molecule has 1 aromatic carbocycles. The van der Waals surface area contributed by atoms with E-state index in [9.17, 15) is 0 Å². The second-order valence-corrected chi connectivity index (χ2v) is 3.87. The Morgan fingerprint density at radius 1 is 1.00 bits per heavy atom. The van der Waals surface area contributed by atoms with Crippen LogP contribution in [-0.4, -0.2) is 9.97 Å². The quantitative estimate of drug-likeness (QED) is 0.785. The van der Waals surface area contributed by atoms with Crippen molar-refractivity contribution in [3.8, 4) is 11.8 Å². The first kappa shape index (κ1) is 10.6. The Morgan fingerprint density at radius 3 is 2.19 bits per heavy atom. The number of aromatic nitrogens is 2. The highest BCUT2D eigenvalue weighted by molar-refractivity contribution is 5.24. The first-order valence-electron chi connectivity index (χ1n) is 5.30. The summed E-state index contributed by atoms with van der Waals surface area (Å²) < 4.78 is 5.49. The second kappa shape index (κ2) is 4.75. The molecule has 1 aromatic heterocycles. The zero-order valence-electron chi connectivity index (χ0n) is 9.42. The van der Waals surface area contributed by atoms with Gasteiger partial charge < -0.3 is 4.74 Å². The third-order valence-electron chi connectivity index (χ3n) is 2.27. The Hall–Kier alpha value is -1.90. The standard InChI is InChI=1S/C13H14N2O/c1-10(2)11-8-14-13(15-9-11)16-12-6-4-3-5-7-12/h3-10H,1-2H3. The van der Waals surface area contributed by atoms with Gasteiger partial charge in [0.2, 0.25) is 0 Å². The van der Waals surface area contributed by atoms with Crippen LogP contribution in [0.3, 0.4) is 0 Å². The zero-order valence-corrected chi connectivity index (χ0v) is 9.42. The number of hydrogen-bond donors (Lipinski definition) is 0. The SMILES string of the molecule is CC(C)c1cnc(Oc2ccccc2)nc1. The highest BCUT2D eigenvalue weighted by Gasteiger charge is 2.02. The predicted molar refractivity (Wildman–Crippen MR) is 62.6 cm³/mol. The molecule has 0 N–H and O–H groups in total. The Morgan fingerprint density at radius 2 is 1.62 bits per heavy atom. The van der Waals surface area contributed by atoms with E-state index >= 15 is 0 Å². The molecule has 0 aliphatic rings. The lowest BCUT2D eigenvalue weighted by atomic mass is 10.1. The molecular weight excluding hydrogens is 200 g/mol. The van der Waals surface area contributed by atoms with E-state index in [4.69, 9.17) is 4.74 Å². The Kier molecular flexibility index (Phi) is 3.15. The van der Waals surface area contributed by atoms with Crippen molar-refractivity contribution < 1.29 is 4.74 Å². The summed E-state index contributed by atoms with van der Waals surface area (Å²) >= 11 is 0. The third-order valence-corrected chi connectivity index (χ3v) is 2.27. The van der Waals surface area contributed by atoms with Gasteiger partial charge >= 0.3 is 6.01 Å². The van der Waals surface area contributed by atoms with E-state index in [1.165, 1.54) is 0 Å². The minimum atomic E-state index is 0.385. The van der Waals surface area contributed by atoms with Crippen molar-refractivity contribution in [1.29, 1.82) is 0 Å². The molecular formula is C13H14N2O. The monoisotopic (exact) mass is 214 g/mol. The molecule has 0 saturated carbocycles. The Balaban J connectivity index is 2.11. The normalized spacial score (nSPS) is 10.4. The summed E-state index contributed by atoms with van der Waals surface area (Å²) in [5.74, 6) is 1.19. The van der Waals surface area contributed by atoms with Crippen LogP contribution >= 0.6 is 0 Å². The topological polar surface area (TPSA) is 35.0 Å². The Bertz CT molecular complexity index is 437. The van der Waals surface area contributed by atoms with E-state index in [1.54, 1.807) is 12.4 Å². The van der Waals surface area contributed by atoms with Gasteiger partial charge in [0.15, 0.2) is 0 Å². The molecule has 0 unspecified atom stereocenters. The van der Waals surface area contributed by atoms with Crippen LogP contribution < -0.4 is 4.74 Å². The lowest BCUT2D eigenvalue weighted by Gasteiger charge is -2.06. The molecule has 16 heavy (non-hydrogen) atoms. The number of rotatable bonds is 3. The molecule has 0 saturated heterocycles. The minimum absolute atomic E-state index is 0.385. The van der Waals surface area contributed by atoms with Crippen LogP contribution in [0.5, 0.6) is 11.8 Å². The molecule has 3 nitrogen and oxygen atoms in total. The predicted octanol–water partition coefficient (Wildman–Crippen LogP) is 3.39. The van der Waals surface area contributed by atoms with Gasteiger partial charge in [-0.3, -0.25) is 0 Å². The van der Waals surface area contributed by atoms with E-state index in [0.717, 1.165) is 11.3 Å². The largest absolute Gasteiger partial charge is 0.424 e. The summed E-state index contributed by atoms with van der Waals surface area (Å²) in [7, 11) is 0. The fourth-order valence-corrected chi connectivity index (χ4v) is 1.27. The fraction of sp³-hybridized carbons (Fsp3) is 0.231. The molecule has 0 bridgehead atoms. The highest BCUT2D eigenvalue weighted by atomic mass is 16.5. The number of benzene rings is 1. The molecule has 0 spiro atoms. The summed E-state index contributed by atoms with van der Waals surface area (Å²) in [4.78, 5) is 8.32. The van der Waals surface area contributed by atoms with Crippen molar-refractivity contribution in [1.82, 2.24) is 9.97 Å². The molecule has 2 aromatic rings. The summed E-state index contributed by atoms with van der Waals surface area (Å²) in [6.07, 6.45) is 3.60. The van der Waals surface area contributed by atoms with E-state index < -0.39 is 0 Å². The van der Waals surface area contributed by atoms with Gasteiger partial charge in [-0.25, -0.2) is 9.97 Å². The van der Waals surface area contributed by atoms with Gasteiger partial charge in [-0.15, -0.1) is 0 Å². The summed E-state index contributed by atoms with van der Waals surface area (Å²) in [5, 5.41) is 0. The molecule has 0 amide bonds. The molecule has 0 atom stereocenters. The minimum Gasteiger partial charge on any atom is -0.424 e. The molecule has 0 aliphatic carbocycles. The zero-order chi connectivity index (χ0) is 11.4. The number of nitrogens with zero attached hydrogens (tertiary/aromatic N) is 2. The van der Waals surface area contributed by atoms with Crippen LogP contribution in [0.1, 0.15) is 25.3 Å². The third kappa shape index (κ3) is 2.57.